The van der Waals surface area contributed by atoms with Crippen molar-refractivity contribution in [2.45, 2.75) is 25.8 Å². The zero-order valence-electron chi connectivity index (χ0n) is 11.2. The predicted molar refractivity (Wildman–Crippen MR) is 79.9 cm³/mol. The molecule has 6 nitrogen and oxygen atoms in total. The summed E-state index contributed by atoms with van der Waals surface area (Å²) in [5.74, 6) is -0.306. The number of benzene rings is 1. The summed E-state index contributed by atoms with van der Waals surface area (Å²) in [7, 11) is 0. The Morgan fingerprint density at radius 3 is 2.81 bits per heavy atom. The predicted octanol–water partition coefficient (Wildman–Crippen LogP) is 1.45. The van der Waals surface area contributed by atoms with Gasteiger partial charge in [-0.15, -0.1) is 0 Å². The Morgan fingerprint density at radius 2 is 2.10 bits per heavy atom. The number of hydrogen-bond acceptors (Lipinski definition) is 4. The number of halogens is 1. The highest BCUT2D eigenvalue weighted by Gasteiger charge is 2.30. The number of amides is 2. The van der Waals surface area contributed by atoms with Gasteiger partial charge in [0.25, 0.3) is 5.56 Å². The molecular formula is C14H12BrN3O3. The van der Waals surface area contributed by atoms with Crippen LogP contribution in [0.15, 0.2) is 27.5 Å². The van der Waals surface area contributed by atoms with Crippen LogP contribution in [0.3, 0.4) is 0 Å². The lowest BCUT2D eigenvalue weighted by atomic mass is 10.1. The summed E-state index contributed by atoms with van der Waals surface area (Å²) < 4.78 is 2.10. The molecule has 1 aliphatic heterocycles. The van der Waals surface area contributed by atoms with E-state index in [1.807, 2.05) is 6.07 Å². The van der Waals surface area contributed by atoms with Gasteiger partial charge < -0.3 is 0 Å². The lowest BCUT2D eigenvalue weighted by Gasteiger charge is -2.24. The molecule has 2 heterocycles. The van der Waals surface area contributed by atoms with Gasteiger partial charge >= 0.3 is 0 Å². The van der Waals surface area contributed by atoms with Crippen molar-refractivity contribution in [1.29, 1.82) is 0 Å². The minimum Gasteiger partial charge on any atom is -0.295 e. The molecule has 0 spiro atoms. The van der Waals surface area contributed by atoms with E-state index in [4.69, 9.17) is 0 Å². The van der Waals surface area contributed by atoms with Gasteiger partial charge in [0.1, 0.15) is 11.9 Å². The number of carbonyl (C=O) groups excluding carboxylic acids is 2. The quantitative estimate of drug-likeness (QED) is 0.790. The monoisotopic (exact) mass is 349 g/mol. The number of para-hydroxylation sites is 1. The first-order chi connectivity index (χ1) is 9.99. The van der Waals surface area contributed by atoms with Crippen LogP contribution in [0.4, 0.5) is 0 Å². The fraction of sp³-hybridized carbons (Fsp3) is 0.286. The Morgan fingerprint density at radius 1 is 1.33 bits per heavy atom. The van der Waals surface area contributed by atoms with Crippen molar-refractivity contribution in [3.8, 4) is 0 Å². The molecule has 1 unspecified atom stereocenters. The van der Waals surface area contributed by atoms with Crippen molar-refractivity contribution < 1.29 is 9.59 Å². The van der Waals surface area contributed by atoms with Crippen LogP contribution in [-0.4, -0.2) is 21.4 Å². The molecule has 7 heteroatoms. The lowest BCUT2D eigenvalue weighted by Crippen LogP contribution is -2.45. The molecule has 0 bridgehead atoms. The highest BCUT2D eigenvalue weighted by atomic mass is 79.9. The third-order valence-electron chi connectivity index (χ3n) is 3.58. The normalized spacial score (nSPS) is 18.9. The summed E-state index contributed by atoms with van der Waals surface area (Å²) in [5.41, 5.74) is 0.303. The second-order valence-electron chi connectivity index (χ2n) is 4.94. The summed E-state index contributed by atoms with van der Waals surface area (Å²) in [6.45, 7) is 1.68. The van der Waals surface area contributed by atoms with Crippen molar-refractivity contribution >= 4 is 38.6 Å². The van der Waals surface area contributed by atoms with Crippen LogP contribution < -0.4 is 10.9 Å². The smallest absolute Gasteiger partial charge is 0.262 e. The van der Waals surface area contributed by atoms with Gasteiger partial charge in [-0.05, 0) is 41.4 Å². The number of piperidine rings is 1. The third kappa shape index (κ3) is 2.27. The summed E-state index contributed by atoms with van der Waals surface area (Å²) >= 11 is 3.37. The minimum absolute atomic E-state index is 0.221. The van der Waals surface area contributed by atoms with Crippen molar-refractivity contribution in [3.05, 3.63) is 38.9 Å². The number of rotatable bonds is 1. The summed E-state index contributed by atoms with van der Waals surface area (Å²) in [6, 6.07) is 4.55. The van der Waals surface area contributed by atoms with E-state index in [-0.39, 0.29) is 17.9 Å². The zero-order valence-corrected chi connectivity index (χ0v) is 12.8. The Hall–Kier alpha value is -2.02. The fourth-order valence-corrected chi connectivity index (χ4v) is 3.04. The molecule has 1 aliphatic rings. The SMILES string of the molecule is Cc1nc2c(Br)cccc2c(=O)n1C1CCC(=O)NC1=O. The van der Waals surface area contributed by atoms with Gasteiger partial charge in [-0.2, -0.15) is 0 Å². The van der Waals surface area contributed by atoms with E-state index in [0.29, 0.717) is 23.1 Å². The molecule has 1 N–H and O–H groups in total. The molecular weight excluding hydrogens is 338 g/mol. The van der Waals surface area contributed by atoms with Gasteiger partial charge in [0.05, 0.1) is 10.9 Å². The Kier molecular flexibility index (Phi) is 3.36. The molecule has 2 amide bonds. The van der Waals surface area contributed by atoms with Crippen molar-refractivity contribution in [2.24, 2.45) is 0 Å². The first-order valence-electron chi connectivity index (χ1n) is 6.50. The van der Waals surface area contributed by atoms with E-state index in [2.05, 4.69) is 26.2 Å². The average Bonchev–Trinajstić information content (AvgIpc) is 2.42. The van der Waals surface area contributed by atoms with Crippen LogP contribution in [0.5, 0.6) is 0 Å². The lowest BCUT2D eigenvalue weighted by molar-refractivity contribution is -0.135. The molecule has 1 atom stereocenters. The Balaban J connectivity index is 2.22. The maximum Gasteiger partial charge on any atom is 0.262 e. The maximum atomic E-state index is 12.7. The van der Waals surface area contributed by atoms with Gasteiger partial charge in [0, 0.05) is 10.9 Å². The highest BCUT2D eigenvalue weighted by Crippen LogP contribution is 2.23. The molecule has 21 heavy (non-hydrogen) atoms. The molecule has 108 valence electrons. The second kappa shape index (κ2) is 5.07. The maximum absolute atomic E-state index is 12.7. The van der Waals surface area contributed by atoms with E-state index in [1.54, 1.807) is 19.1 Å². The van der Waals surface area contributed by atoms with Crippen molar-refractivity contribution in [2.75, 3.05) is 0 Å². The van der Waals surface area contributed by atoms with E-state index >= 15 is 0 Å². The number of imide groups is 1. The highest BCUT2D eigenvalue weighted by molar-refractivity contribution is 9.10. The van der Waals surface area contributed by atoms with E-state index < -0.39 is 11.9 Å². The van der Waals surface area contributed by atoms with Gasteiger partial charge in [0.15, 0.2) is 0 Å². The zero-order chi connectivity index (χ0) is 15.1. The number of aryl methyl sites for hydroxylation is 1. The molecule has 1 saturated heterocycles. The number of aromatic nitrogens is 2. The molecule has 0 radical (unpaired) electrons. The number of hydrogen-bond donors (Lipinski definition) is 1. The third-order valence-corrected chi connectivity index (χ3v) is 4.22. The van der Waals surface area contributed by atoms with Crippen LogP contribution in [-0.2, 0) is 9.59 Å². The van der Waals surface area contributed by atoms with E-state index in [0.717, 1.165) is 4.47 Å². The largest absolute Gasteiger partial charge is 0.295 e. The van der Waals surface area contributed by atoms with Gasteiger partial charge in [-0.3, -0.25) is 24.3 Å². The van der Waals surface area contributed by atoms with Gasteiger partial charge in [-0.25, -0.2) is 4.98 Å². The number of carbonyl (C=O) groups is 2. The molecule has 1 aromatic carbocycles. The van der Waals surface area contributed by atoms with E-state index in [1.165, 1.54) is 4.57 Å². The summed E-state index contributed by atoms with van der Waals surface area (Å²) in [4.78, 5) is 40.3. The molecule has 0 aliphatic carbocycles. The number of nitrogens with one attached hydrogen (secondary N) is 1. The second-order valence-corrected chi connectivity index (χ2v) is 5.79. The van der Waals surface area contributed by atoms with Crippen LogP contribution >= 0.6 is 15.9 Å². The van der Waals surface area contributed by atoms with Crippen molar-refractivity contribution in [3.63, 3.8) is 0 Å². The van der Waals surface area contributed by atoms with Crippen LogP contribution in [0.25, 0.3) is 10.9 Å². The molecule has 3 rings (SSSR count). The van der Waals surface area contributed by atoms with Crippen molar-refractivity contribution in [1.82, 2.24) is 14.9 Å². The molecule has 0 saturated carbocycles. The summed E-state index contributed by atoms with van der Waals surface area (Å²) in [6.07, 6.45) is 0.533. The van der Waals surface area contributed by atoms with Crippen LogP contribution in [0.2, 0.25) is 0 Å². The fourth-order valence-electron chi connectivity index (χ4n) is 2.59. The number of nitrogens with zero attached hydrogens (tertiary/aromatic N) is 2. The molecule has 1 aromatic heterocycles. The number of fused-ring (bicyclic) bond motifs is 1. The first-order valence-corrected chi connectivity index (χ1v) is 7.29. The van der Waals surface area contributed by atoms with Gasteiger partial charge in [0.2, 0.25) is 11.8 Å². The average molecular weight is 350 g/mol. The van der Waals surface area contributed by atoms with Crippen LogP contribution in [0, 0.1) is 6.92 Å². The Labute approximate surface area is 128 Å². The Bertz CT molecular complexity index is 828. The van der Waals surface area contributed by atoms with Gasteiger partial charge in [-0.1, -0.05) is 6.07 Å². The topological polar surface area (TPSA) is 81.1 Å². The molecule has 2 aromatic rings. The first kappa shape index (κ1) is 13.9. The standard InChI is InChI=1S/C14H12BrN3O3/c1-7-16-12-8(3-2-4-9(12)15)14(21)18(7)10-5-6-11(19)17-13(10)20/h2-4,10H,5-6H2,1H3,(H,17,19,20). The molecule has 1 fully saturated rings. The van der Waals surface area contributed by atoms with E-state index in [9.17, 15) is 14.4 Å². The minimum atomic E-state index is -0.689. The van der Waals surface area contributed by atoms with Crippen LogP contribution in [0.1, 0.15) is 24.7 Å². The summed E-state index contributed by atoms with van der Waals surface area (Å²) in [5, 5.41) is 2.71.